The third-order valence-electron chi connectivity index (χ3n) is 2.22. The molecule has 0 fully saturated rings. The van der Waals surface area contributed by atoms with Crippen LogP contribution in [0, 0.1) is 0 Å². The zero-order valence-corrected chi connectivity index (χ0v) is 10.0. The molecule has 0 saturated heterocycles. The molecule has 1 aromatic heterocycles. The predicted molar refractivity (Wildman–Crippen MR) is 64.5 cm³/mol. The monoisotopic (exact) mass is 262 g/mol. The highest BCUT2D eigenvalue weighted by Gasteiger charge is 2.04. The van der Waals surface area contributed by atoms with Crippen LogP contribution in [0.5, 0.6) is 0 Å². The quantitative estimate of drug-likeness (QED) is 0.775. The SMILES string of the molecule is CCc1cnc(-c2ccccc2)nc1Br. The summed E-state index contributed by atoms with van der Waals surface area (Å²) in [5, 5.41) is 0. The number of aryl methyl sites for hydroxylation is 1. The molecule has 1 heterocycles. The molecule has 15 heavy (non-hydrogen) atoms. The molecule has 0 unspecified atom stereocenters. The van der Waals surface area contributed by atoms with Gasteiger partial charge in [-0.05, 0) is 22.4 Å². The van der Waals surface area contributed by atoms with Crippen molar-refractivity contribution in [3.63, 3.8) is 0 Å². The highest BCUT2D eigenvalue weighted by Crippen LogP contribution is 2.19. The summed E-state index contributed by atoms with van der Waals surface area (Å²) in [7, 11) is 0. The highest BCUT2D eigenvalue weighted by atomic mass is 79.9. The summed E-state index contributed by atoms with van der Waals surface area (Å²) >= 11 is 3.45. The van der Waals surface area contributed by atoms with Crippen molar-refractivity contribution in [3.05, 3.63) is 46.7 Å². The van der Waals surface area contributed by atoms with Crippen LogP contribution in [0.25, 0.3) is 11.4 Å². The molecule has 0 atom stereocenters. The van der Waals surface area contributed by atoms with Gasteiger partial charge in [-0.25, -0.2) is 9.97 Å². The predicted octanol–water partition coefficient (Wildman–Crippen LogP) is 3.47. The molecular weight excluding hydrogens is 252 g/mol. The first kappa shape index (κ1) is 10.3. The van der Waals surface area contributed by atoms with Gasteiger partial charge >= 0.3 is 0 Å². The molecule has 0 aliphatic heterocycles. The fraction of sp³-hybridized carbons (Fsp3) is 0.167. The van der Waals surface area contributed by atoms with E-state index in [1.165, 1.54) is 0 Å². The number of benzene rings is 1. The number of hydrogen-bond acceptors (Lipinski definition) is 2. The maximum atomic E-state index is 4.42. The van der Waals surface area contributed by atoms with Crippen LogP contribution in [0.4, 0.5) is 0 Å². The van der Waals surface area contributed by atoms with Crippen LogP contribution in [0.2, 0.25) is 0 Å². The standard InChI is InChI=1S/C12H11BrN2/c1-2-9-8-14-12(15-11(9)13)10-6-4-3-5-7-10/h3-8H,2H2,1H3. The summed E-state index contributed by atoms with van der Waals surface area (Å²) in [6.07, 6.45) is 2.81. The van der Waals surface area contributed by atoms with Crippen molar-refractivity contribution in [2.45, 2.75) is 13.3 Å². The lowest BCUT2D eigenvalue weighted by Crippen LogP contribution is -1.93. The molecule has 0 aliphatic carbocycles. The zero-order chi connectivity index (χ0) is 10.7. The van der Waals surface area contributed by atoms with E-state index < -0.39 is 0 Å². The van der Waals surface area contributed by atoms with E-state index in [9.17, 15) is 0 Å². The maximum Gasteiger partial charge on any atom is 0.160 e. The second-order valence-electron chi connectivity index (χ2n) is 3.23. The molecule has 0 amide bonds. The molecule has 0 bridgehead atoms. The molecule has 0 spiro atoms. The molecule has 76 valence electrons. The average Bonchev–Trinajstić information content (AvgIpc) is 2.30. The Kier molecular flexibility index (Phi) is 3.11. The largest absolute Gasteiger partial charge is 0.236 e. The smallest absolute Gasteiger partial charge is 0.160 e. The lowest BCUT2D eigenvalue weighted by atomic mass is 10.2. The second kappa shape index (κ2) is 4.53. The first-order chi connectivity index (χ1) is 7.31. The molecule has 2 aromatic rings. The van der Waals surface area contributed by atoms with Crippen molar-refractivity contribution >= 4 is 15.9 Å². The highest BCUT2D eigenvalue weighted by molar-refractivity contribution is 9.10. The second-order valence-corrected chi connectivity index (χ2v) is 3.98. The van der Waals surface area contributed by atoms with Gasteiger partial charge in [-0.1, -0.05) is 37.3 Å². The van der Waals surface area contributed by atoms with Gasteiger partial charge in [0.25, 0.3) is 0 Å². The van der Waals surface area contributed by atoms with E-state index in [2.05, 4.69) is 32.8 Å². The van der Waals surface area contributed by atoms with Gasteiger partial charge in [0, 0.05) is 17.3 Å². The van der Waals surface area contributed by atoms with Gasteiger partial charge in [-0.2, -0.15) is 0 Å². The van der Waals surface area contributed by atoms with Gasteiger partial charge in [0.1, 0.15) is 4.60 Å². The summed E-state index contributed by atoms with van der Waals surface area (Å²) in [5.41, 5.74) is 2.18. The van der Waals surface area contributed by atoms with Crippen molar-refractivity contribution in [1.29, 1.82) is 0 Å². The Balaban J connectivity index is 2.43. The van der Waals surface area contributed by atoms with Crippen molar-refractivity contribution in [2.75, 3.05) is 0 Å². The Morgan fingerprint density at radius 3 is 2.53 bits per heavy atom. The minimum Gasteiger partial charge on any atom is -0.236 e. The number of halogens is 1. The normalized spacial score (nSPS) is 10.3. The van der Waals surface area contributed by atoms with Crippen LogP contribution in [0.3, 0.4) is 0 Å². The molecule has 2 rings (SSSR count). The lowest BCUT2D eigenvalue weighted by molar-refractivity contribution is 1.03. The van der Waals surface area contributed by atoms with E-state index in [-0.39, 0.29) is 0 Å². The van der Waals surface area contributed by atoms with Crippen LogP contribution >= 0.6 is 15.9 Å². The molecule has 0 saturated carbocycles. The fourth-order valence-electron chi connectivity index (χ4n) is 1.35. The Bertz CT molecular complexity index is 454. The lowest BCUT2D eigenvalue weighted by Gasteiger charge is -2.03. The van der Waals surface area contributed by atoms with Gasteiger partial charge < -0.3 is 0 Å². The number of aromatic nitrogens is 2. The fourth-order valence-corrected chi connectivity index (χ4v) is 1.90. The Morgan fingerprint density at radius 1 is 1.20 bits per heavy atom. The first-order valence-corrected chi connectivity index (χ1v) is 5.67. The number of hydrogen-bond donors (Lipinski definition) is 0. The molecule has 1 aromatic carbocycles. The minimum absolute atomic E-state index is 0.764. The minimum atomic E-state index is 0.764. The van der Waals surface area contributed by atoms with E-state index >= 15 is 0 Å². The van der Waals surface area contributed by atoms with Crippen LogP contribution in [-0.4, -0.2) is 9.97 Å². The Labute approximate surface area is 97.5 Å². The van der Waals surface area contributed by atoms with E-state index in [1.54, 1.807) is 0 Å². The van der Waals surface area contributed by atoms with E-state index in [4.69, 9.17) is 0 Å². The van der Waals surface area contributed by atoms with Crippen LogP contribution in [-0.2, 0) is 6.42 Å². The molecule has 0 radical (unpaired) electrons. The van der Waals surface area contributed by atoms with Crippen LogP contribution in [0.15, 0.2) is 41.1 Å². The summed E-state index contributed by atoms with van der Waals surface area (Å²) in [4.78, 5) is 8.76. The Morgan fingerprint density at radius 2 is 1.93 bits per heavy atom. The van der Waals surface area contributed by atoms with Crippen molar-refractivity contribution in [1.82, 2.24) is 9.97 Å². The van der Waals surface area contributed by atoms with Crippen molar-refractivity contribution < 1.29 is 0 Å². The van der Waals surface area contributed by atoms with E-state index in [0.29, 0.717) is 0 Å². The van der Waals surface area contributed by atoms with Gasteiger partial charge in [-0.15, -0.1) is 0 Å². The third-order valence-corrected chi connectivity index (χ3v) is 2.91. The molecule has 0 N–H and O–H groups in total. The molecule has 0 aliphatic rings. The van der Waals surface area contributed by atoms with Crippen LogP contribution in [0.1, 0.15) is 12.5 Å². The number of rotatable bonds is 2. The van der Waals surface area contributed by atoms with E-state index in [1.807, 2.05) is 36.5 Å². The molecule has 3 heteroatoms. The van der Waals surface area contributed by atoms with E-state index in [0.717, 1.165) is 28.0 Å². The summed E-state index contributed by atoms with van der Waals surface area (Å²) in [6.45, 7) is 2.09. The average molecular weight is 263 g/mol. The van der Waals surface area contributed by atoms with Crippen molar-refractivity contribution in [3.8, 4) is 11.4 Å². The third kappa shape index (κ3) is 2.23. The zero-order valence-electron chi connectivity index (χ0n) is 8.44. The van der Waals surface area contributed by atoms with Gasteiger partial charge in [0.2, 0.25) is 0 Å². The maximum absolute atomic E-state index is 4.42. The van der Waals surface area contributed by atoms with Gasteiger partial charge in [-0.3, -0.25) is 0 Å². The Hall–Kier alpha value is -1.22. The van der Waals surface area contributed by atoms with Gasteiger partial charge in [0.15, 0.2) is 5.82 Å². The summed E-state index contributed by atoms with van der Waals surface area (Å²) in [5.74, 6) is 0.764. The topological polar surface area (TPSA) is 25.8 Å². The molecular formula is C12H11BrN2. The summed E-state index contributed by atoms with van der Waals surface area (Å²) < 4.78 is 0.888. The van der Waals surface area contributed by atoms with Crippen molar-refractivity contribution in [2.24, 2.45) is 0 Å². The van der Waals surface area contributed by atoms with Gasteiger partial charge in [0.05, 0.1) is 0 Å². The van der Waals surface area contributed by atoms with Crippen LogP contribution < -0.4 is 0 Å². The summed E-state index contributed by atoms with van der Waals surface area (Å²) in [6, 6.07) is 9.97. The first-order valence-electron chi connectivity index (χ1n) is 4.88. The number of nitrogens with zero attached hydrogens (tertiary/aromatic N) is 2. The molecule has 2 nitrogen and oxygen atoms in total.